The zero-order valence-electron chi connectivity index (χ0n) is 16.3. The first-order valence-electron chi connectivity index (χ1n) is 8.68. The zero-order chi connectivity index (χ0) is 21.2. The van der Waals surface area contributed by atoms with Crippen LogP contribution in [0.3, 0.4) is 0 Å². The molecule has 9 heteroatoms. The van der Waals surface area contributed by atoms with Crippen molar-refractivity contribution in [3.63, 3.8) is 0 Å². The highest BCUT2D eigenvalue weighted by Crippen LogP contribution is 2.38. The van der Waals surface area contributed by atoms with E-state index in [9.17, 15) is 23.4 Å². The maximum Gasteiger partial charge on any atom is 0.323 e. The lowest BCUT2D eigenvalue weighted by molar-refractivity contribution is -0.142. The van der Waals surface area contributed by atoms with Gasteiger partial charge < -0.3 is 14.9 Å². The second kappa shape index (κ2) is 8.33. The van der Waals surface area contributed by atoms with Crippen molar-refractivity contribution in [2.75, 3.05) is 18.9 Å². The summed E-state index contributed by atoms with van der Waals surface area (Å²) in [4.78, 5) is 11.8. The van der Waals surface area contributed by atoms with Crippen molar-refractivity contribution in [2.24, 2.45) is 0 Å². The van der Waals surface area contributed by atoms with Crippen LogP contribution < -0.4 is 4.74 Å². The number of ether oxygens (including phenoxy) is 1. The lowest BCUT2D eigenvalue weighted by Crippen LogP contribution is -2.58. The van der Waals surface area contributed by atoms with Crippen LogP contribution in [-0.2, 0) is 14.8 Å². The summed E-state index contributed by atoms with van der Waals surface area (Å²) in [6.07, 6.45) is 0. The van der Waals surface area contributed by atoms with Gasteiger partial charge in [-0.25, -0.2) is 8.42 Å². The summed E-state index contributed by atoms with van der Waals surface area (Å²) in [6.45, 7) is 6.79. The second-order valence-electron chi connectivity index (χ2n) is 7.43. The molecule has 1 aromatic rings. The summed E-state index contributed by atoms with van der Waals surface area (Å²) in [7, 11) is -3.97. The van der Waals surface area contributed by atoms with E-state index in [1.54, 1.807) is 27.7 Å². The fourth-order valence-corrected chi connectivity index (χ4v) is 5.94. The summed E-state index contributed by atoms with van der Waals surface area (Å²) in [5.41, 5.74) is -1.11. The quantitative estimate of drug-likeness (QED) is 0.691. The standard InChI is InChI=1S/C19H25NO6S2/c1-18(2,23)10-5-12-26-14-6-8-15(9-7-14)28(24,25)20-11-13-27-19(3,4)16(20)17(21)22/h6-9,16,23H,11-13H2,1-4H3,(H,21,22). The van der Waals surface area contributed by atoms with Gasteiger partial charge in [-0.1, -0.05) is 11.8 Å². The number of thioether (sulfide) groups is 1. The van der Waals surface area contributed by atoms with Gasteiger partial charge in [0.05, 0.1) is 4.90 Å². The smallest absolute Gasteiger partial charge is 0.323 e. The molecule has 1 aliphatic heterocycles. The van der Waals surface area contributed by atoms with Gasteiger partial charge in [0.15, 0.2) is 0 Å². The molecule has 1 saturated heterocycles. The Kier molecular flexibility index (Phi) is 6.71. The molecule has 1 aliphatic rings. The lowest BCUT2D eigenvalue weighted by atomic mass is 10.0. The number of hydrogen-bond acceptors (Lipinski definition) is 6. The predicted octanol–water partition coefficient (Wildman–Crippen LogP) is 1.81. The molecule has 2 N–H and O–H groups in total. The van der Waals surface area contributed by atoms with Crippen molar-refractivity contribution < 1.29 is 28.2 Å². The maximum atomic E-state index is 13.0. The molecule has 0 saturated carbocycles. The summed E-state index contributed by atoms with van der Waals surface area (Å²) in [6, 6.07) is 4.63. The number of carboxylic acids is 1. The summed E-state index contributed by atoms with van der Waals surface area (Å²) in [5, 5.41) is 19.1. The van der Waals surface area contributed by atoms with Crippen LogP contribution in [0.1, 0.15) is 27.7 Å². The van der Waals surface area contributed by atoms with Gasteiger partial charge >= 0.3 is 5.97 Å². The fraction of sp³-hybridized carbons (Fsp3) is 0.526. The minimum absolute atomic E-state index is 0.0105. The van der Waals surface area contributed by atoms with Crippen LogP contribution in [0, 0.1) is 11.8 Å². The van der Waals surface area contributed by atoms with E-state index in [2.05, 4.69) is 11.8 Å². The number of carboxylic acid groups (broad SMARTS) is 1. The van der Waals surface area contributed by atoms with Gasteiger partial charge in [0.2, 0.25) is 10.0 Å². The highest BCUT2D eigenvalue weighted by Gasteiger charge is 2.48. The van der Waals surface area contributed by atoms with E-state index in [0.717, 1.165) is 4.31 Å². The van der Waals surface area contributed by atoms with Crippen molar-refractivity contribution in [1.29, 1.82) is 0 Å². The molecule has 1 heterocycles. The van der Waals surface area contributed by atoms with Crippen LogP contribution in [0.25, 0.3) is 0 Å². The van der Waals surface area contributed by atoms with E-state index < -0.39 is 32.4 Å². The second-order valence-corrected chi connectivity index (χ2v) is 11.1. The van der Waals surface area contributed by atoms with E-state index >= 15 is 0 Å². The van der Waals surface area contributed by atoms with E-state index in [0.29, 0.717) is 11.5 Å². The molecule has 7 nitrogen and oxygen atoms in total. The lowest BCUT2D eigenvalue weighted by Gasteiger charge is -2.42. The van der Waals surface area contributed by atoms with Crippen LogP contribution in [0.4, 0.5) is 0 Å². The van der Waals surface area contributed by atoms with Crippen LogP contribution in [0.15, 0.2) is 29.2 Å². The Hall–Kier alpha value is -1.73. The summed E-state index contributed by atoms with van der Waals surface area (Å²) in [5.74, 6) is 5.08. The molecule has 1 fully saturated rings. The topological polar surface area (TPSA) is 104 Å². The number of carbonyl (C=O) groups is 1. The molecule has 0 aliphatic carbocycles. The molecular formula is C19H25NO6S2. The number of rotatable bonds is 5. The Morgan fingerprint density at radius 3 is 2.50 bits per heavy atom. The Morgan fingerprint density at radius 1 is 1.36 bits per heavy atom. The minimum atomic E-state index is -3.97. The fourth-order valence-electron chi connectivity index (χ4n) is 2.85. The van der Waals surface area contributed by atoms with Crippen molar-refractivity contribution >= 4 is 27.8 Å². The van der Waals surface area contributed by atoms with E-state index in [1.807, 2.05) is 0 Å². The minimum Gasteiger partial charge on any atom is -0.481 e. The Bertz CT molecular complexity index is 876. The number of sulfonamides is 1. The highest BCUT2D eigenvalue weighted by molar-refractivity contribution is 8.00. The summed E-state index contributed by atoms with van der Waals surface area (Å²) < 4.78 is 31.8. The molecule has 28 heavy (non-hydrogen) atoms. The van der Waals surface area contributed by atoms with Gasteiger partial charge in [0.1, 0.15) is 24.0 Å². The van der Waals surface area contributed by atoms with Gasteiger partial charge in [-0.2, -0.15) is 16.1 Å². The SMILES string of the molecule is CC(C)(O)C#CCOc1ccc(S(=O)(=O)N2CCSC(C)(C)C2C(=O)O)cc1. The van der Waals surface area contributed by atoms with Crippen LogP contribution >= 0.6 is 11.8 Å². The van der Waals surface area contributed by atoms with E-state index in [-0.39, 0.29) is 18.0 Å². The van der Waals surface area contributed by atoms with E-state index in [4.69, 9.17) is 4.74 Å². The Balaban J connectivity index is 2.19. The molecule has 154 valence electrons. The molecule has 0 radical (unpaired) electrons. The number of aliphatic carboxylic acids is 1. The third-order valence-corrected chi connectivity index (χ3v) is 7.33. The number of benzene rings is 1. The first-order chi connectivity index (χ1) is 12.8. The first kappa shape index (κ1) is 22.6. The molecule has 0 amide bonds. The summed E-state index contributed by atoms with van der Waals surface area (Å²) >= 11 is 1.45. The zero-order valence-corrected chi connectivity index (χ0v) is 17.9. The molecule has 1 unspecified atom stereocenters. The molecular weight excluding hydrogens is 402 g/mol. The number of nitrogens with zero attached hydrogens (tertiary/aromatic N) is 1. The van der Waals surface area contributed by atoms with Crippen LogP contribution in [-0.4, -0.2) is 64.2 Å². The molecule has 2 rings (SSSR count). The normalized spacial score (nSPS) is 20.1. The third-order valence-electron chi connectivity index (χ3n) is 4.10. The van der Waals surface area contributed by atoms with Crippen molar-refractivity contribution in [2.45, 2.75) is 49.0 Å². The first-order valence-corrected chi connectivity index (χ1v) is 11.1. The average molecular weight is 428 g/mol. The highest BCUT2D eigenvalue weighted by atomic mass is 32.2. The molecule has 0 bridgehead atoms. The Labute approximate surface area is 170 Å². The molecule has 0 spiro atoms. The Morgan fingerprint density at radius 2 is 1.96 bits per heavy atom. The van der Waals surface area contributed by atoms with Crippen molar-refractivity contribution in [3.8, 4) is 17.6 Å². The van der Waals surface area contributed by atoms with E-state index in [1.165, 1.54) is 36.0 Å². The molecule has 0 aromatic heterocycles. The van der Waals surface area contributed by atoms with Crippen LogP contribution in [0.2, 0.25) is 0 Å². The van der Waals surface area contributed by atoms with Gasteiger partial charge in [0.25, 0.3) is 0 Å². The van der Waals surface area contributed by atoms with Crippen LogP contribution in [0.5, 0.6) is 5.75 Å². The van der Waals surface area contributed by atoms with Gasteiger partial charge in [0, 0.05) is 17.0 Å². The van der Waals surface area contributed by atoms with Crippen molar-refractivity contribution in [3.05, 3.63) is 24.3 Å². The third kappa shape index (κ3) is 5.41. The predicted molar refractivity (Wildman–Crippen MR) is 108 cm³/mol. The van der Waals surface area contributed by atoms with Gasteiger partial charge in [-0.15, -0.1) is 0 Å². The molecule has 1 aromatic carbocycles. The number of hydrogen-bond donors (Lipinski definition) is 2. The average Bonchev–Trinajstić information content (AvgIpc) is 2.57. The maximum absolute atomic E-state index is 13.0. The monoisotopic (exact) mass is 427 g/mol. The van der Waals surface area contributed by atoms with Gasteiger partial charge in [-0.05, 0) is 52.0 Å². The van der Waals surface area contributed by atoms with Gasteiger partial charge in [-0.3, -0.25) is 4.79 Å². The largest absolute Gasteiger partial charge is 0.481 e. The molecule has 1 atom stereocenters. The number of aliphatic hydroxyl groups is 1. The van der Waals surface area contributed by atoms with Crippen molar-refractivity contribution in [1.82, 2.24) is 4.31 Å².